The van der Waals surface area contributed by atoms with Crippen molar-refractivity contribution in [2.24, 2.45) is 0 Å². The van der Waals surface area contributed by atoms with Crippen LogP contribution in [-0.4, -0.2) is 32.6 Å². The number of hydrogen-bond acceptors (Lipinski definition) is 4. The SMILES string of the molecule is CCCNC(c1cccc(OC2CC2)c1)C(C)S(C)(=O)=O. The molecule has 1 aliphatic carbocycles. The van der Waals surface area contributed by atoms with Crippen LogP contribution < -0.4 is 10.1 Å². The van der Waals surface area contributed by atoms with Crippen molar-refractivity contribution in [1.29, 1.82) is 0 Å². The number of ether oxygens (including phenoxy) is 1. The molecule has 0 amide bonds. The first-order valence-corrected chi connectivity index (χ1v) is 9.56. The zero-order valence-electron chi connectivity index (χ0n) is 13.0. The molecule has 2 unspecified atom stereocenters. The van der Waals surface area contributed by atoms with Gasteiger partial charge in [-0.05, 0) is 50.4 Å². The Hall–Kier alpha value is -1.07. The van der Waals surface area contributed by atoms with E-state index in [2.05, 4.69) is 12.2 Å². The predicted octanol–water partition coefficient (Wildman–Crippen LogP) is 2.70. The Bertz CT molecular complexity index is 567. The molecule has 1 fully saturated rings. The van der Waals surface area contributed by atoms with Crippen molar-refractivity contribution in [2.75, 3.05) is 12.8 Å². The second-order valence-electron chi connectivity index (χ2n) is 5.86. The van der Waals surface area contributed by atoms with E-state index in [1.54, 1.807) is 6.92 Å². The van der Waals surface area contributed by atoms with Crippen molar-refractivity contribution in [1.82, 2.24) is 5.32 Å². The Morgan fingerprint density at radius 1 is 1.38 bits per heavy atom. The van der Waals surface area contributed by atoms with Crippen LogP contribution in [0.1, 0.15) is 44.7 Å². The average molecular weight is 311 g/mol. The molecule has 1 aliphatic rings. The van der Waals surface area contributed by atoms with Crippen LogP contribution in [0, 0.1) is 0 Å². The van der Waals surface area contributed by atoms with Crippen LogP contribution in [0.4, 0.5) is 0 Å². The number of nitrogens with one attached hydrogen (secondary N) is 1. The van der Waals surface area contributed by atoms with Gasteiger partial charge in [-0.2, -0.15) is 0 Å². The van der Waals surface area contributed by atoms with E-state index < -0.39 is 15.1 Å². The third-order valence-corrected chi connectivity index (χ3v) is 5.43. The molecule has 0 radical (unpaired) electrons. The molecule has 1 N–H and O–H groups in total. The van der Waals surface area contributed by atoms with Gasteiger partial charge in [0.25, 0.3) is 0 Å². The van der Waals surface area contributed by atoms with E-state index in [4.69, 9.17) is 4.74 Å². The molecular formula is C16H25NO3S. The molecule has 0 aromatic heterocycles. The lowest BCUT2D eigenvalue weighted by Gasteiger charge is -2.25. The molecule has 0 heterocycles. The minimum Gasteiger partial charge on any atom is -0.490 e. The minimum absolute atomic E-state index is 0.206. The summed E-state index contributed by atoms with van der Waals surface area (Å²) in [5.74, 6) is 0.832. The molecule has 4 nitrogen and oxygen atoms in total. The summed E-state index contributed by atoms with van der Waals surface area (Å²) in [5, 5.41) is 2.88. The van der Waals surface area contributed by atoms with Crippen molar-refractivity contribution in [3.05, 3.63) is 29.8 Å². The predicted molar refractivity (Wildman–Crippen MR) is 85.4 cm³/mol. The minimum atomic E-state index is -3.11. The molecule has 2 rings (SSSR count). The molecule has 1 saturated carbocycles. The number of sulfone groups is 1. The molecular weight excluding hydrogens is 286 g/mol. The quantitative estimate of drug-likeness (QED) is 0.802. The summed E-state index contributed by atoms with van der Waals surface area (Å²) >= 11 is 0. The molecule has 0 aliphatic heterocycles. The fraction of sp³-hybridized carbons (Fsp3) is 0.625. The standard InChI is InChI=1S/C16H25NO3S/c1-4-10-17-16(12(2)21(3,18)19)13-6-5-7-15(11-13)20-14-8-9-14/h5-7,11-12,14,16-17H,4,8-10H2,1-3H3. The monoisotopic (exact) mass is 311 g/mol. The van der Waals surface area contributed by atoms with E-state index in [0.717, 1.165) is 37.1 Å². The molecule has 0 bridgehead atoms. The number of benzene rings is 1. The van der Waals surface area contributed by atoms with Crippen LogP contribution in [-0.2, 0) is 9.84 Å². The van der Waals surface area contributed by atoms with Crippen LogP contribution in [0.3, 0.4) is 0 Å². The van der Waals surface area contributed by atoms with E-state index in [1.807, 2.05) is 24.3 Å². The molecule has 1 aromatic rings. The molecule has 118 valence electrons. The molecule has 2 atom stereocenters. The van der Waals surface area contributed by atoms with E-state index in [-0.39, 0.29) is 6.04 Å². The Morgan fingerprint density at radius 3 is 2.67 bits per heavy atom. The van der Waals surface area contributed by atoms with Gasteiger partial charge >= 0.3 is 0 Å². The van der Waals surface area contributed by atoms with Gasteiger partial charge in [0.15, 0.2) is 9.84 Å². The largest absolute Gasteiger partial charge is 0.490 e. The van der Waals surface area contributed by atoms with Crippen molar-refractivity contribution in [2.45, 2.75) is 50.5 Å². The Labute approximate surface area is 127 Å². The summed E-state index contributed by atoms with van der Waals surface area (Å²) in [5.41, 5.74) is 0.972. The third kappa shape index (κ3) is 4.71. The normalized spacial score (nSPS) is 18.2. The van der Waals surface area contributed by atoms with Crippen LogP contribution >= 0.6 is 0 Å². The maximum Gasteiger partial charge on any atom is 0.151 e. The van der Waals surface area contributed by atoms with Gasteiger partial charge in [0.2, 0.25) is 0 Å². The van der Waals surface area contributed by atoms with Gasteiger partial charge in [0.1, 0.15) is 5.75 Å². The van der Waals surface area contributed by atoms with Crippen molar-refractivity contribution >= 4 is 9.84 Å². The van der Waals surface area contributed by atoms with Gasteiger partial charge in [-0.1, -0.05) is 19.1 Å². The second-order valence-corrected chi connectivity index (χ2v) is 8.26. The highest BCUT2D eigenvalue weighted by atomic mass is 32.2. The van der Waals surface area contributed by atoms with Gasteiger partial charge < -0.3 is 10.1 Å². The van der Waals surface area contributed by atoms with Crippen molar-refractivity contribution < 1.29 is 13.2 Å². The van der Waals surface area contributed by atoms with Gasteiger partial charge in [-0.15, -0.1) is 0 Å². The first kappa shape index (κ1) is 16.3. The summed E-state index contributed by atoms with van der Waals surface area (Å²) in [4.78, 5) is 0. The van der Waals surface area contributed by atoms with Crippen LogP contribution in [0.2, 0.25) is 0 Å². The first-order valence-electron chi connectivity index (χ1n) is 7.60. The number of hydrogen-bond donors (Lipinski definition) is 1. The number of rotatable bonds is 8. The highest BCUT2D eigenvalue weighted by Gasteiger charge is 2.28. The maximum atomic E-state index is 11.9. The summed E-state index contributed by atoms with van der Waals surface area (Å²) in [6.45, 7) is 4.62. The van der Waals surface area contributed by atoms with Gasteiger partial charge in [0, 0.05) is 12.3 Å². The zero-order valence-corrected chi connectivity index (χ0v) is 13.8. The zero-order chi connectivity index (χ0) is 15.5. The maximum absolute atomic E-state index is 11.9. The van der Waals surface area contributed by atoms with Crippen molar-refractivity contribution in [3.63, 3.8) is 0 Å². The molecule has 1 aromatic carbocycles. The fourth-order valence-corrected chi connectivity index (χ4v) is 3.01. The fourth-order valence-electron chi connectivity index (χ4n) is 2.26. The van der Waals surface area contributed by atoms with Crippen LogP contribution in [0.25, 0.3) is 0 Å². The lowest BCUT2D eigenvalue weighted by Crippen LogP contribution is -2.35. The Balaban J connectivity index is 2.22. The smallest absolute Gasteiger partial charge is 0.151 e. The Kier molecular flexibility index (Phi) is 5.27. The van der Waals surface area contributed by atoms with Gasteiger partial charge in [-0.25, -0.2) is 8.42 Å². The second kappa shape index (κ2) is 6.79. The van der Waals surface area contributed by atoms with Gasteiger partial charge in [-0.3, -0.25) is 0 Å². The van der Waals surface area contributed by atoms with Crippen LogP contribution in [0.15, 0.2) is 24.3 Å². The topological polar surface area (TPSA) is 55.4 Å². The molecule has 0 spiro atoms. The van der Waals surface area contributed by atoms with Gasteiger partial charge in [0.05, 0.1) is 11.4 Å². The lowest BCUT2D eigenvalue weighted by molar-refractivity contribution is 0.302. The van der Waals surface area contributed by atoms with E-state index in [0.29, 0.717) is 6.10 Å². The highest BCUT2D eigenvalue weighted by molar-refractivity contribution is 7.91. The van der Waals surface area contributed by atoms with E-state index >= 15 is 0 Å². The summed E-state index contributed by atoms with van der Waals surface area (Å²) in [7, 11) is -3.11. The molecule has 0 saturated heterocycles. The van der Waals surface area contributed by atoms with E-state index in [9.17, 15) is 8.42 Å². The average Bonchev–Trinajstić information content (AvgIpc) is 3.22. The Morgan fingerprint density at radius 2 is 2.10 bits per heavy atom. The summed E-state index contributed by atoms with van der Waals surface area (Å²) in [6, 6.07) is 7.59. The summed E-state index contributed by atoms with van der Waals surface area (Å²) in [6.07, 6.45) is 4.83. The summed E-state index contributed by atoms with van der Waals surface area (Å²) < 4.78 is 29.6. The van der Waals surface area contributed by atoms with E-state index in [1.165, 1.54) is 6.26 Å². The highest BCUT2D eigenvalue weighted by Crippen LogP contribution is 2.30. The molecule has 21 heavy (non-hydrogen) atoms. The third-order valence-electron chi connectivity index (χ3n) is 3.80. The van der Waals surface area contributed by atoms with Crippen molar-refractivity contribution in [3.8, 4) is 5.75 Å². The first-order chi connectivity index (χ1) is 9.91. The molecule has 5 heteroatoms. The van der Waals surface area contributed by atoms with Crippen LogP contribution in [0.5, 0.6) is 5.75 Å². The lowest BCUT2D eigenvalue weighted by atomic mass is 10.0.